The molecule has 1 saturated carbocycles. The molecule has 0 spiro atoms. The summed E-state index contributed by atoms with van der Waals surface area (Å²) < 4.78 is 5.79. The molecule has 0 bridgehead atoms. The third-order valence-electron chi connectivity index (χ3n) is 4.79. The number of hydrogen-bond acceptors (Lipinski definition) is 6. The summed E-state index contributed by atoms with van der Waals surface area (Å²) in [5.41, 5.74) is 2.86. The van der Waals surface area contributed by atoms with E-state index < -0.39 is 5.92 Å². The molecule has 6 heteroatoms. The van der Waals surface area contributed by atoms with Crippen LogP contribution in [0.2, 0.25) is 0 Å². The van der Waals surface area contributed by atoms with Gasteiger partial charge in [0, 0.05) is 11.7 Å². The number of para-hydroxylation sites is 2. The predicted molar refractivity (Wildman–Crippen MR) is 98.7 cm³/mol. The maximum Gasteiger partial charge on any atom is 0.223 e. The molecule has 1 atom stereocenters. The van der Waals surface area contributed by atoms with Crippen molar-refractivity contribution >= 4 is 17.0 Å². The summed E-state index contributed by atoms with van der Waals surface area (Å²) >= 11 is 0. The fraction of sp³-hybridized carbons (Fsp3) is 0.400. The number of nitrogens with one attached hydrogen (secondary N) is 1. The van der Waals surface area contributed by atoms with Crippen LogP contribution in [0.1, 0.15) is 55.3 Å². The highest BCUT2D eigenvalue weighted by molar-refractivity contribution is 5.72. The largest absolute Gasteiger partial charge is 0.439 e. The fourth-order valence-corrected chi connectivity index (χ4v) is 3.50. The number of aromatic nitrogens is 3. The van der Waals surface area contributed by atoms with Crippen molar-refractivity contribution in [1.29, 1.82) is 5.26 Å². The Balaban J connectivity index is 1.65. The van der Waals surface area contributed by atoms with Crippen LogP contribution < -0.4 is 5.32 Å². The summed E-state index contributed by atoms with van der Waals surface area (Å²) in [7, 11) is 0. The Bertz CT molecular complexity index is 919. The van der Waals surface area contributed by atoms with E-state index >= 15 is 0 Å². The molecule has 0 saturated heterocycles. The highest BCUT2D eigenvalue weighted by Crippen LogP contribution is 2.27. The molecule has 1 aliphatic rings. The normalized spacial score (nSPS) is 16.3. The van der Waals surface area contributed by atoms with Gasteiger partial charge in [0.25, 0.3) is 0 Å². The summed E-state index contributed by atoms with van der Waals surface area (Å²) in [4.78, 5) is 13.6. The molecular formula is C20H21N5O. The summed E-state index contributed by atoms with van der Waals surface area (Å²) in [6.45, 7) is 1.91. The minimum atomic E-state index is -0.656. The van der Waals surface area contributed by atoms with Gasteiger partial charge in [-0.1, -0.05) is 31.4 Å². The number of hydrogen-bond donors (Lipinski definition) is 1. The third-order valence-corrected chi connectivity index (χ3v) is 4.79. The van der Waals surface area contributed by atoms with Crippen LogP contribution in [-0.2, 0) is 0 Å². The molecule has 4 rings (SSSR count). The summed E-state index contributed by atoms with van der Waals surface area (Å²) in [6, 6.07) is 12.0. The van der Waals surface area contributed by atoms with E-state index in [0.29, 0.717) is 29.2 Å². The molecule has 0 radical (unpaired) electrons. The van der Waals surface area contributed by atoms with Gasteiger partial charge in [-0.15, -0.1) is 0 Å². The van der Waals surface area contributed by atoms with Gasteiger partial charge >= 0.3 is 0 Å². The second-order valence-electron chi connectivity index (χ2n) is 6.82. The molecule has 1 fully saturated rings. The Morgan fingerprint density at radius 1 is 1.15 bits per heavy atom. The number of nitrogens with zero attached hydrogens (tertiary/aromatic N) is 4. The van der Waals surface area contributed by atoms with Crippen LogP contribution in [0, 0.1) is 18.3 Å². The molecule has 132 valence electrons. The molecule has 6 nitrogen and oxygen atoms in total. The molecule has 3 aromatic rings. The monoisotopic (exact) mass is 347 g/mol. The second kappa shape index (κ2) is 7.12. The highest BCUT2D eigenvalue weighted by Gasteiger charge is 2.23. The molecule has 1 unspecified atom stereocenters. The van der Waals surface area contributed by atoms with Crippen molar-refractivity contribution in [2.45, 2.75) is 51.0 Å². The number of benzene rings is 1. The van der Waals surface area contributed by atoms with E-state index in [9.17, 15) is 5.26 Å². The Hall–Kier alpha value is -2.94. The van der Waals surface area contributed by atoms with Gasteiger partial charge in [0.1, 0.15) is 5.52 Å². The topological polar surface area (TPSA) is 87.6 Å². The van der Waals surface area contributed by atoms with E-state index in [1.807, 2.05) is 37.3 Å². The van der Waals surface area contributed by atoms with Gasteiger partial charge in [-0.3, -0.25) is 0 Å². The highest BCUT2D eigenvalue weighted by atomic mass is 16.3. The molecule has 1 aliphatic carbocycles. The lowest BCUT2D eigenvalue weighted by Gasteiger charge is -2.23. The van der Waals surface area contributed by atoms with Crippen LogP contribution >= 0.6 is 0 Å². The standard InChI is InChI=1S/C20H21N5O/c1-13-11-17(25-20(22-13)23-14-7-3-2-4-8-14)15(12-21)19-24-16-9-5-6-10-18(16)26-19/h5-6,9-11,14-15H,2-4,7-8H2,1H3,(H,22,23,25). The average molecular weight is 347 g/mol. The van der Waals surface area contributed by atoms with Crippen LogP contribution in [0.3, 0.4) is 0 Å². The molecule has 0 amide bonds. The van der Waals surface area contributed by atoms with Crippen molar-refractivity contribution in [2.24, 2.45) is 0 Å². The molecule has 1 N–H and O–H groups in total. The lowest BCUT2D eigenvalue weighted by molar-refractivity contribution is 0.460. The Morgan fingerprint density at radius 3 is 2.73 bits per heavy atom. The minimum Gasteiger partial charge on any atom is -0.439 e. The number of oxazole rings is 1. The van der Waals surface area contributed by atoms with Gasteiger partial charge in [-0.25, -0.2) is 15.0 Å². The molecule has 2 aromatic heterocycles. The van der Waals surface area contributed by atoms with Gasteiger partial charge in [-0.05, 0) is 38.0 Å². The summed E-state index contributed by atoms with van der Waals surface area (Å²) in [6.07, 6.45) is 6.05. The lowest BCUT2D eigenvalue weighted by Crippen LogP contribution is -2.24. The van der Waals surface area contributed by atoms with Crippen LogP contribution in [-0.4, -0.2) is 21.0 Å². The van der Waals surface area contributed by atoms with Gasteiger partial charge in [0.05, 0.1) is 11.8 Å². The summed E-state index contributed by atoms with van der Waals surface area (Å²) in [5, 5.41) is 13.2. The zero-order valence-corrected chi connectivity index (χ0v) is 14.8. The molecular weight excluding hydrogens is 326 g/mol. The maximum atomic E-state index is 9.73. The number of rotatable bonds is 4. The first kappa shape index (κ1) is 16.5. The Kier molecular flexibility index (Phi) is 4.53. The third kappa shape index (κ3) is 3.38. The van der Waals surface area contributed by atoms with Gasteiger partial charge < -0.3 is 9.73 Å². The van der Waals surface area contributed by atoms with Crippen molar-refractivity contribution in [3.63, 3.8) is 0 Å². The van der Waals surface area contributed by atoms with Crippen LogP contribution in [0.5, 0.6) is 0 Å². The van der Waals surface area contributed by atoms with Crippen molar-refractivity contribution < 1.29 is 4.42 Å². The van der Waals surface area contributed by atoms with Crippen molar-refractivity contribution in [3.8, 4) is 6.07 Å². The first-order valence-electron chi connectivity index (χ1n) is 9.10. The molecule has 2 heterocycles. The first-order chi connectivity index (χ1) is 12.7. The van der Waals surface area contributed by atoms with E-state index in [-0.39, 0.29) is 0 Å². The lowest BCUT2D eigenvalue weighted by atomic mass is 9.96. The van der Waals surface area contributed by atoms with Crippen LogP contribution in [0.15, 0.2) is 34.7 Å². The van der Waals surface area contributed by atoms with Crippen molar-refractivity contribution in [2.75, 3.05) is 5.32 Å². The van der Waals surface area contributed by atoms with Gasteiger partial charge in [0.2, 0.25) is 11.8 Å². The first-order valence-corrected chi connectivity index (χ1v) is 9.10. The van der Waals surface area contributed by atoms with Crippen molar-refractivity contribution in [1.82, 2.24) is 15.0 Å². The molecule has 1 aromatic carbocycles. The quantitative estimate of drug-likeness (QED) is 0.756. The predicted octanol–water partition coefficient (Wildman–Crippen LogP) is 4.33. The maximum absolute atomic E-state index is 9.73. The number of fused-ring (bicyclic) bond motifs is 1. The average Bonchev–Trinajstić information content (AvgIpc) is 3.06. The summed E-state index contributed by atoms with van der Waals surface area (Å²) in [5.74, 6) is 0.301. The van der Waals surface area contributed by atoms with Crippen LogP contribution in [0.4, 0.5) is 5.95 Å². The number of aryl methyl sites for hydroxylation is 1. The van der Waals surface area contributed by atoms with Gasteiger partial charge in [0.15, 0.2) is 11.5 Å². The number of nitriles is 1. The van der Waals surface area contributed by atoms with E-state index in [4.69, 9.17) is 4.42 Å². The SMILES string of the molecule is Cc1cc(C(C#N)c2nc3ccccc3o2)nc(NC2CCCCC2)n1. The van der Waals surface area contributed by atoms with Crippen LogP contribution in [0.25, 0.3) is 11.1 Å². The second-order valence-corrected chi connectivity index (χ2v) is 6.82. The van der Waals surface area contributed by atoms with E-state index in [1.54, 1.807) is 0 Å². The number of anilines is 1. The molecule has 0 aliphatic heterocycles. The van der Waals surface area contributed by atoms with E-state index in [2.05, 4.69) is 26.3 Å². The Morgan fingerprint density at radius 2 is 1.96 bits per heavy atom. The molecule has 26 heavy (non-hydrogen) atoms. The fourth-order valence-electron chi connectivity index (χ4n) is 3.50. The van der Waals surface area contributed by atoms with Gasteiger partial charge in [-0.2, -0.15) is 5.26 Å². The van der Waals surface area contributed by atoms with E-state index in [0.717, 1.165) is 24.1 Å². The zero-order valence-electron chi connectivity index (χ0n) is 14.8. The smallest absolute Gasteiger partial charge is 0.223 e. The minimum absolute atomic E-state index is 0.371. The van der Waals surface area contributed by atoms with Crippen molar-refractivity contribution in [3.05, 3.63) is 47.6 Å². The Labute approximate surface area is 152 Å². The zero-order chi connectivity index (χ0) is 17.9. The van der Waals surface area contributed by atoms with E-state index in [1.165, 1.54) is 19.3 Å².